The molecule has 0 heterocycles. The van der Waals surface area contributed by atoms with Crippen molar-refractivity contribution in [2.24, 2.45) is 0 Å². The summed E-state index contributed by atoms with van der Waals surface area (Å²) in [4.78, 5) is 10.8. The van der Waals surface area contributed by atoms with Gasteiger partial charge in [0.1, 0.15) is 5.82 Å². The number of halogens is 2. The lowest BCUT2D eigenvalue weighted by atomic mass is 10.2. The first-order valence-corrected chi connectivity index (χ1v) is 4.64. The third kappa shape index (κ3) is 2.67. The molecule has 0 radical (unpaired) electrons. The minimum atomic E-state index is -0.514. The topological polar surface area (TPSA) is 26.3 Å². The highest BCUT2D eigenvalue weighted by atomic mass is 79.9. The third-order valence-electron chi connectivity index (χ3n) is 1.59. The van der Waals surface area contributed by atoms with Gasteiger partial charge in [0, 0.05) is 16.1 Å². The van der Waals surface area contributed by atoms with Gasteiger partial charge >= 0.3 is 5.97 Å². The number of benzene rings is 1. The van der Waals surface area contributed by atoms with E-state index in [0.717, 1.165) is 0 Å². The van der Waals surface area contributed by atoms with Crippen LogP contribution in [0.2, 0.25) is 0 Å². The molecule has 0 saturated heterocycles. The highest BCUT2D eigenvalue weighted by molar-refractivity contribution is 9.10. The fourth-order valence-corrected chi connectivity index (χ4v) is 1.36. The van der Waals surface area contributed by atoms with Crippen molar-refractivity contribution >= 4 is 28.0 Å². The van der Waals surface area contributed by atoms with Crippen LogP contribution < -0.4 is 0 Å². The summed E-state index contributed by atoms with van der Waals surface area (Å²) in [6.07, 6.45) is 2.54. The molecule has 2 nitrogen and oxygen atoms in total. The molecule has 0 bridgehead atoms. The Morgan fingerprint density at radius 2 is 2.29 bits per heavy atom. The smallest absolute Gasteiger partial charge is 0.330 e. The molecule has 1 aromatic rings. The van der Waals surface area contributed by atoms with E-state index in [2.05, 4.69) is 20.7 Å². The molecule has 0 aliphatic carbocycles. The van der Waals surface area contributed by atoms with E-state index < -0.39 is 5.97 Å². The summed E-state index contributed by atoms with van der Waals surface area (Å²) < 4.78 is 18.2. The Balaban J connectivity index is 2.96. The predicted octanol–water partition coefficient (Wildman–Crippen LogP) is 2.77. The van der Waals surface area contributed by atoms with Gasteiger partial charge in [-0.15, -0.1) is 0 Å². The van der Waals surface area contributed by atoms with E-state index >= 15 is 0 Å². The molecule has 0 fully saturated rings. The van der Waals surface area contributed by atoms with Crippen LogP contribution in [0.3, 0.4) is 0 Å². The maximum atomic E-state index is 13.2. The minimum Gasteiger partial charge on any atom is -0.466 e. The molecule has 14 heavy (non-hydrogen) atoms. The largest absolute Gasteiger partial charge is 0.466 e. The summed E-state index contributed by atoms with van der Waals surface area (Å²) in [5.41, 5.74) is 0.331. The number of hydrogen-bond acceptors (Lipinski definition) is 2. The Labute approximate surface area is 89.5 Å². The van der Waals surface area contributed by atoms with Crippen LogP contribution in [0, 0.1) is 5.82 Å². The van der Waals surface area contributed by atoms with Gasteiger partial charge in [-0.05, 0) is 18.2 Å². The first kappa shape index (κ1) is 10.9. The molecule has 4 heteroatoms. The molecule has 0 aliphatic heterocycles. The zero-order valence-electron chi connectivity index (χ0n) is 7.46. The molecule has 0 amide bonds. The lowest BCUT2D eigenvalue weighted by Crippen LogP contribution is -1.94. The van der Waals surface area contributed by atoms with E-state index in [1.54, 1.807) is 12.1 Å². The Hall–Kier alpha value is -1.16. The maximum Gasteiger partial charge on any atom is 0.330 e. The van der Waals surface area contributed by atoms with Crippen molar-refractivity contribution in [3.63, 3.8) is 0 Å². The summed E-state index contributed by atoms with van der Waals surface area (Å²) in [5.74, 6) is -0.903. The highest BCUT2D eigenvalue weighted by Crippen LogP contribution is 2.20. The van der Waals surface area contributed by atoms with Crippen LogP contribution in [0.25, 0.3) is 6.08 Å². The lowest BCUT2D eigenvalue weighted by Gasteiger charge is -1.99. The van der Waals surface area contributed by atoms with E-state index in [9.17, 15) is 9.18 Å². The number of ether oxygens (including phenoxy) is 1. The van der Waals surface area contributed by atoms with Crippen molar-refractivity contribution < 1.29 is 13.9 Å². The number of rotatable bonds is 2. The number of methoxy groups -OCH3 is 1. The van der Waals surface area contributed by atoms with Crippen molar-refractivity contribution in [1.82, 2.24) is 0 Å². The van der Waals surface area contributed by atoms with Gasteiger partial charge < -0.3 is 4.74 Å². The van der Waals surface area contributed by atoms with Crippen LogP contribution in [-0.4, -0.2) is 13.1 Å². The second-order valence-corrected chi connectivity index (χ2v) is 3.35. The monoisotopic (exact) mass is 258 g/mol. The number of carbonyl (C=O) groups excluding carboxylic acids is 1. The fourth-order valence-electron chi connectivity index (χ4n) is 0.889. The Bertz CT molecular complexity index is 354. The minimum absolute atomic E-state index is 0.331. The van der Waals surface area contributed by atoms with Gasteiger partial charge in [0.2, 0.25) is 0 Å². The molecular weight excluding hydrogens is 251 g/mol. The number of hydrogen-bond donors (Lipinski definition) is 0. The molecule has 0 aliphatic rings. The summed E-state index contributed by atoms with van der Waals surface area (Å²) in [6, 6.07) is 4.59. The number of esters is 1. The summed E-state index contributed by atoms with van der Waals surface area (Å²) in [5, 5.41) is 0. The van der Waals surface area contributed by atoms with Crippen molar-refractivity contribution in [3.8, 4) is 0 Å². The van der Waals surface area contributed by atoms with Crippen molar-refractivity contribution in [3.05, 3.63) is 40.1 Å². The van der Waals surface area contributed by atoms with Crippen LogP contribution in [0.5, 0.6) is 0 Å². The molecule has 0 atom stereocenters. The normalized spacial score (nSPS) is 10.5. The maximum absolute atomic E-state index is 13.2. The molecular formula is C10H8BrFO2. The van der Waals surface area contributed by atoms with Gasteiger partial charge in [0.05, 0.1) is 7.11 Å². The van der Waals surface area contributed by atoms with E-state index in [1.165, 1.54) is 25.3 Å². The standard InChI is InChI=1S/C10H8BrFO2/c1-14-10(13)6-5-7-8(11)3-2-4-9(7)12/h2-6H,1H3/b6-5+. The van der Waals surface area contributed by atoms with Crippen LogP contribution in [0.1, 0.15) is 5.56 Å². The Morgan fingerprint density at radius 1 is 1.57 bits per heavy atom. The molecule has 0 spiro atoms. The van der Waals surface area contributed by atoms with Gasteiger partial charge in [-0.1, -0.05) is 22.0 Å². The molecule has 1 aromatic carbocycles. The van der Waals surface area contributed by atoms with Crippen molar-refractivity contribution in [2.75, 3.05) is 7.11 Å². The van der Waals surface area contributed by atoms with Crippen molar-refractivity contribution in [1.29, 1.82) is 0 Å². The summed E-state index contributed by atoms with van der Waals surface area (Å²) in [7, 11) is 1.27. The summed E-state index contributed by atoms with van der Waals surface area (Å²) >= 11 is 3.18. The van der Waals surface area contributed by atoms with Crippen LogP contribution in [0.4, 0.5) is 4.39 Å². The quantitative estimate of drug-likeness (QED) is 0.603. The SMILES string of the molecule is COC(=O)/C=C/c1c(F)cccc1Br. The number of carbonyl (C=O) groups is 1. The fraction of sp³-hybridized carbons (Fsp3) is 0.100. The van der Waals surface area contributed by atoms with Crippen LogP contribution in [-0.2, 0) is 9.53 Å². The van der Waals surface area contributed by atoms with Gasteiger partial charge in [-0.2, -0.15) is 0 Å². The lowest BCUT2D eigenvalue weighted by molar-refractivity contribution is -0.134. The first-order valence-electron chi connectivity index (χ1n) is 3.85. The Kier molecular flexibility index (Phi) is 3.83. The first-order chi connectivity index (χ1) is 6.65. The van der Waals surface area contributed by atoms with E-state index in [4.69, 9.17) is 0 Å². The van der Waals surface area contributed by atoms with Crippen LogP contribution >= 0.6 is 15.9 Å². The van der Waals surface area contributed by atoms with Crippen molar-refractivity contribution in [2.45, 2.75) is 0 Å². The average Bonchev–Trinajstić information content (AvgIpc) is 2.16. The third-order valence-corrected chi connectivity index (χ3v) is 2.28. The van der Waals surface area contributed by atoms with Gasteiger partial charge in [0.15, 0.2) is 0 Å². The predicted molar refractivity (Wildman–Crippen MR) is 55.2 cm³/mol. The molecule has 0 N–H and O–H groups in total. The average molecular weight is 259 g/mol. The van der Waals surface area contributed by atoms with Gasteiger partial charge in [0.25, 0.3) is 0 Å². The molecule has 74 valence electrons. The van der Waals surface area contributed by atoms with Gasteiger partial charge in [-0.3, -0.25) is 0 Å². The molecule has 0 unspecified atom stereocenters. The van der Waals surface area contributed by atoms with E-state index in [1.807, 2.05) is 0 Å². The molecule has 0 saturated carbocycles. The highest BCUT2D eigenvalue weighted by Gasteiger charge is 2.02. The second-order valence-electron chi connectivity index (χ2n) is 2.49. The zero-order valence-corrected chi connectivity index (χ0v) is 9.05. The summed E-state index contributed by atoms with van der Waals surface area (Å²) in [6.45, 7) is 0. The zero-order chi connectivity index (χ0) is 10.6. The van der Waals surface area contributed by atoms with E-state index in [-0.39, 0.29) is 5.82 Å². The molecule has 1 rings (SSSR count). The van der Waals surface area contributed by atoms with E-state index in [0.29, 0.717) is 10.0 Å². The molecule has 0 aromatic heterocycles. The van der Waals surface area contributed by atoms with Crippen LogP contribution in [0.15, 0.2) is 28.7 Å². The Morgan fingerprint density at radius 3 is 2.86 bits per heavy atom. The van der Waals surface area contributed by atoms with Gasteiger partial charge in [-0.25, -0.2) is 9.18 Å². The second kappa shape index (κ2) is 4.91.